The summed E-state index contributed by atoms with van der Waals surface area (Å²) in [4.78, 5) is 8.35. The Kier molecular flexibility index (Phi) is 3.07. The standard InChI is InChI=1S/C10H12ClN3S/c1-6(2)5-12-9-8-7(3-4-15-8)13-10(11)14-9/h3-4,6H,5H2,1-2H3,(H,12,13,14). The number of hydrogen-bond acceptors (Lipinski definition) is 4. The number of halogens is 1. The van der Waals surface area contributed by atoms with Crippen LogP contribution in [0.4, 0.5) is 5.82 Å². The molecule has 0 saturated heterocycles. The van der Waals surface area contributed by atoms with Gasteiger partial charge in [-0.2, -0.15) is 4.98 Å². The highest BCUT2D eigenvalue weighted by atomic mass is 35.5. The van der Waals surface area contributed by atoms with Gasteiger partial charge in [0, 0.05) is 6.54 Å². The third-order valence-electron chi connectivity index (χ3n) is 1.95. The number of thiophene rings is 1. The average Bonchev–Trinajstić information content (AvgIpc) is 2.61. The van der Waals surface area contributed by atoms with Crippen molar-refractivity contribution in [1.82, 2.24) is 9.97 Å². The number of rotatable bonds is 3. The van der Waals surface area contributed by atoms with Gasteiger partial charge in [0.05, 0.1) is 10.2 Å². The van der Waals surface area contributed by atoms with Crippen molar-refractivity contribution in [3.05, 3.63) is 16.7 Å². The number of nitrogens with zero attached hydrogens (tertiary/aromatic N) is 2. The molecule has 0 unspecified atom stereocenters. The molecule has 2 aromatic heterocycles. The van der Waals surface area contributed by atoms with E-state index in [1.807, 2.05) is 11.4 Å². The van der Waals surface area contributed by atoms with Crippen molar-refractivity contribution in [3.63, 3.8) is 0 Å². The number of nitrogens with one attached hydrogen (secondary N) is 1. The van der Waals surface area contributed by atoms with Crippen LogP contribution in [0.3, 0.4) is 0 Å². The molecule has 0 amide bonds. The zero-order valence-electron chi connectivity index (χ0n) is 8.62. The van der Waals surface area contributed by atoms with E-state index in [4.69, 9.17) is 11.6 Å². The molecule has 80 valence electrons. The summed E-state index contributed by atoms with van der Waals surface area (Å²) in [6.07, 6.45) is 0. The minimum Gasteiger partial charge on any atom is -0.368 e. The molecule has 0 bridgehead atoms. The Morgan fingerprint density at radius 1 is 1.47 bits per heavy atom. The molecule has 0 aliphatic heterocycles. The first kappa shape index (κ1) is 10.6. The van der Waals surface area contributed by atoms with E-state index < -0.39 is 0 Å². The van der Waals surface area contributed by atoms with Crippen molar-refractivity contribution in [2.24, 2.45) is 5.92 Å². The molecular weight excluding hydrogens is 230 g/mol. The number of hydrogen-bond donors (Lipinski definition) is 1. The summed E-state index contributed by atoms with van der Waals surface area (Å²) in [5, 5.41) is 5.58. The van der Waals surface area contributed by atoms with E-state index in [1.165, 1.54) is 0 Å². The first-order chi connectivity index (χ1) is 7.16. The molecule has 0 atom stereocenters. The zero-order chi connectivity index (χ0) is 10.8. The van der Waals surface area contributed by atoms with Crippen molar-refractivity contribution in [3.8, 4) is 0 Å². The van der Waals surface area contributed by atoms with Gasteiger partial charge in [-0.1, -0.05) is 13.8 Å². The van der Waals surface area contributed by atoms with E-state index in [2.05, 4.69) is 29.1 Å². The van der Waals surface area contributed by atoms with E-state index in [-0.39, 0.29) is 0 Å². The Hall–Kier alpha value is -0.870. The van der Waals surface area contributed by atoms with Gasteiger partial charge in [-0.25, -0.2) is 4.98 Å². The fraction of sp³-hybridized carbons (Fsp3) is 0.400. The largest absolute Gasteiger partial charge is 0.368 e. The van der Waals surface area contributed by atoms with Crippen LogP contribution < -0.4 is 5.32 Å². The van der Waals surface area contributed by atoms with Crippen LogP contribution in [0.1, 0.15) is 13.8 Å². The van der Waals surface area contributed by atoms with Gasteiger partial charge in [0.25, 0.3) is 0 Å². The smallest absolute Gasteiger partial charge is 0.224 e. The molecule has 0 saturated carbocycles. The Morgan fingerprint density at radius 3 is 3.00 bits per heavy atom. The van der Waals surface area contributed by atoms with Crippen LogP contribution in [0.2, 0.25) is 5.28 Å². The number of anilines is 1. The molecule has 1 N–H and O–H groups in total. The van der Waals surface area contributed by atoms with E-state index in [9.17, 15) is 0 Å². The zero-order valence-corrected chi connectivity index (χ0v) is 10.2. The first-order valence-corrected chi connectivity index (χ1v) is 6.07. The van der Waals surface area contributed by atoms with Crippen LogP contribution in [0.5, 0.6) is 0 Å². The predicted molar refractivity (Wildman–Crippen MR) is 65.8 cm³/mol. The van der Waals surface area contributed by atoms with Crippen molar-refractivity contribution < 1.29 is 0 Å². The van der Waals surface area contributed by atoms with Crippen LogP contribution in [-0.4, -0.2) is 16.5 Å². The molecule has 2 aromatic rings. The van der Waals surface area contributed by atoms with Crippen molar-refractivity contribution in [2.75, 3.05) is 11.9 Å². The predicted octanol–water partition coefficient (Wildman–Crippen LogP) is 3.41. The fourth-order valence-electron chi connectivity index (χ4n) is 1.26. The minimum absolute atomic E-state index is 0.298. The molecule has 0 aromatic carbocycles. The second-order valence-corrected chi connectivity index (χ2v) is 5.01. The lowest BCUT2D eigenvalue weighted by Crippen LogP contribution is -2.09. The van der Waals surface area contributed by atoms with Crippen LogP contribution in [0.25, 0.3) is 10.2 Å². The lowest BCUT2D eigenvalue weighted by Gasteiger charge is -2.08. The van der Waals surface area contributed by atoms with E-state index in [0.717, 1.165) is 22.6 Å². The van der Waals surface area contributed by atoms with Gasteiger partial charge in [-0.05, 0) is 29.0 Å². The molecule has 0 aliphatic rings. The third kappa shape index (κ3) is 2.38. The summed E-state index contributed by atoms with van der Waals surface area (Å²) in [5.74, 6) is 1.42. The second-order valence-electron chi connectivity index (χ2n) is 3.75. The molecule has 0 radical (unpaired) electrons. The molecule has 0 spiro atoms. The van der Waals surface area contributed by atoms with Gasteiger partial charge in [0.15, 0.2) is 0 Å². The van der Waals surface area contributed by atoms with Crippen LogP contribution >= 0.6 is 22.9 Å². The number of aromatic nitrogens is 2. The minimum atomic E-state index is 0.298. The van der Waals surface area contributed by atoms with Gasteiger partial charge in [0.1, 0.15) is 5.82 Å². The molecule has 3 nitrogen and oxygen atoms in total. The lowest BCUT2D eigenvalue weighted by molar-refractivity contribution is 0.687. The second kappa shape index (κ2) is 4.33. The normalized spacial score (nSPS) is 11.2. The van der Waals surface area contributed by atoms with E-state index >= 15 is 0 Å². The average molecular weight is 242 g/mol. The maximum absolute atomic E-state index is 5.84. The highest BCUT2D eigenvalue weighted by molar-refractivity contribution is 7.17. The summed E-state index contributed by atoms with van der Waals surface area (Å²) in [5.41, 5.74) is 0.909. The Bertz CT molecular complexity index is 467. The SMILES string of the molecule is CC(C)CNc1nc(Cl)nc2ccsc12. The van der Waals surface area contributed by atoms with Crippen LogP contribution in [0, 0.1) is 5.92 Å². The highest BCUT2D eigenvalue weighted by Crippen LogP contribution is 2.27. The van der Waals surface area contributed by atoms with E-state index in [0.29, 0.717) is 11.2 Å². The molecule has 2 heterocycles. The van der Waals surface area contributed by atoms with Gasteiger partial charge in [0.2, 0.25) is 5.28 Å². The Balaban J connectivity index is 2.35. The molecule has 0 aliphatic carbocycles. The quantitative estimate of drug-likeness (QED) is 0.837. The van der Waals surface area contributed by atoms with Gasteiger partial charge < -0.3 is 5.32 Å². The fourth-order valence-corrected chi connectivity index (χ4v) is 2.23. The Labute approximate surface area is 97.5 Å². The van der Waals surface area contributed by atoms with Crippen molar-refractivity contribution in [2.45, 2.75) is 13.8 Å². The first-order valence-electron chi connectivity index (χ1n) is 4.81. The summed E-state index contributed by atoms with van der Waals surface area (Å²) < 4.78 is 1.07. The van der Waals surface area contributed by atoms with Crippen molar-refractivity contribution >= 4 is 39.0 Å². The van der Waals surface area contributed by atoms with Crippen LogP contribution in [-0.2, 0) is 0 Å². The Morgan fingerprint density at radius 2 is 2.27 bits per heavy atom. The maximum atomic E-state index is 5.84. The van der Waals surface area contributed by atoms with Gasteiger partial charge >= 0.3 is 0 Å². The monoisotopic (exact) mass is 241 g/mol. The van der Waals surface area contributed by atoms with Crippen LogP contribution in [0.15, 0.2) is 11.4 Å². The maximum Gasteiger partial charge on any atom is 0.224 e. The molecule has 15 heavy (non-hydrogen) atoms. The lowest BCUT2D eigenvalue weighted by atomic mass is 10.2. The molecule has 5 heteroatoms. The van der Waals surface area contributed by atoms with Gasteiger partial charge in [-0.3, -0.25) is 0 Å². The van der Waals surface area contributed by atoms with Crippen molar-refractivity contribution in [1.29, 1.82) is 0 Å². The topological polar surface area (TPSA) is 37.8 Å². The molecular formula is C10H12ClN3S. The highest BCUT2D eigenvalue weighted by Gasteiger charge is 2.07. The summed E-state index contributed by atoms with van der Waals surface area (Å²) in [7, 11) is 0. The summed E-state index contributed by atoms with van der Waals surface area (Å²) >= 11 is 7.47. The van der Waals surface area contributed by atoms with E-state index in [1.54, 1.807) is 11.3 Å². The number of fused-ring (bicyclic) bond motifs is 1. The molecule has 0 fully saturated rings. The molecule has 2 rings (SSSR count). The van der Waals surface area contributed by atoms with Gasteiger partial charge in [-0.15, -0.1) is 11.3 Å². The summed E-state index contributed by atoms with van der Waals surface area (Å²) in [6, 6.07) is 1.95. The summed E-state index contributed by atoms with van der Waals surface area (Å²) in [6.45, 7) is 5.20. The third-order valence-corrected chi connectivity index (χ3v) is 3.03.